The average molecular weight is 284 g/mol. The highest BCUT2D eigenvalue weighted by Crippen LogP contribution is 2.14. The molecule has 0 atom stereocenters. The molecule has 0 radical (unpaired) electrons. The Morgan fingerprint density at radius 3 is 2.58 bits per heavy atom. The lowest BCUT2D eigenvalue weighted by atomic mass is 10.1. The topological polar surface area (TPSA) is 39.1 Å². The van der Waals surface area contributed by atoms with Crippen molar-refractivity contribution in [2.45, 2.75) is 58.9 Å². The van der Waals surface area contributed by atoms with E-state index in [4.69, 9.17) is 11.6 Å². The first kappa shape index (κ1) is 16.0. The molecule has 0 aromatic carbocycles. The molecule has 1 rings (SSSR count). The number of carbonyl (C=O) groups is 1. The molecule has 0 aliphatic carbocycles. The van der Waals surface area contributed by atoms with Gasteiger partial charge in [-0.25, -0.2) is 0 Å². The number of halogens is 1. The molecule has 1 heterocycles. The van der Waals surface area contributed by atoms with Gasteiger partial charge in [0.2, 0.25) is 5.24 Å². The van der Waals surface area contributed by atoms with Gasteiger partial charge in [0, 0.05) is 24.2 Å². The second-order valence-corrected chi connectivity index (χ2v) is 5.53. The SMILES string of the molecule is CCCCn1c(C(C)C)ccc(CCC(=O)Cl)c1=O. The van der Waals surface area contributed by atoms with E-state index in [0.717, 1.165) is 25.1 Å². The third-order valence-corrected chi connectivity index (χ3v) is 3.39. The molecule has 1 aromatic heterocycles. The minimum Gasteiger partial charge on any atom is -0.312 e. The van der Waals surface area contributed by atoms with Crippen molar-refractivity contribution >= 4 is 16.8 Å². The zero-order valence-corrected chi connectivity index (χ0v) is 12.7. The minimum atomic E-state index is -0.396. The maximum Gasteiger partial charge on any atom is 0.253 e. The fourth-order valence-electron chi connectivity index (χ4n) is 2.11. The highest BCUT2D eigenvalue weighted by atomic mass is 35.5. The van der Waals surface area contributed by atoms with Gasteiger partial charge in [-0.3, -0.25) is 9.59 Å². The van der Waals surface area contributed by atoms with Gasteiger partial charge in [-0.05, 0) is 36.4 Å². The number of rotatable bonds is 7. The van der Waals surface area contributed by atoms with Crippen molar-refractivity contribution in [2.75, 3.05) is 0 Å². The number of aromatic nitrogens is 1. The summed E-state index contributed by atoms with van der Waals surface area (Å²) in [5.41, 5.74) is 1.76. The number of hydrogen-bond acceptors (Lipinski definition) is 2. The molecule has 3 nitrogen and oxygen atoms in total. The molecule has 1 aromatic rings. The van der Waals surface area contributed by atoms with Crippen LogP contribution in [0.3, 0.4) is 0 Å². The summed E-state index contributed by atoms with van der Waals surface area (Å²) in [5.74, 6) is 0.313. The Balaban J connectivity index is 3.10. The molecule has 0 aliphatic rings. The fraction of sp³-hybridized carbons (Fsp3) is 0.600. The van der Waals surface area contributed by atoms with Gasteiger partial charge < -0.3 is 4.57 Å². The smallest absolute Gasteiger partial charge is 0.253 e. The third-order valence-electron chi connectivity index (χ3n) is 3.20. The van der Waals surface area contributed by atoms with Gasteiger partial charge in [-0.2, -0.15) is 0 Å². The quantitative estimate of drug-likeness (QED) is 0.719. The Kier molecular flexibility index (Phi) is 6.29. The molecule has 0 unspecified atom stereocenters. The molecule has 19 heavy (non-hydrogen) atoms. The van der Waals surface area contributed by atoms with Crippen molar-refractivity contribution in [2.24, 2.45) is 0 Å². The van der Waals surface area contributed by atoms with Crippen LogP contribution >= 0.6 is 11.6 Å². The van der Waals surface area contributed by atoms with Crippen molar-refractivity contribution in [3.63, 3.8) is 0 Å². The first-order valence-corrected chi connectivity index (χ1v) is 7.26. The standard InChI is InChI=1S/C15H22ClNO2/c1-4-5-10-17-13(11(2)3)8-6-12(15(17)19)7-9-14(16)18/h6,8,11H,4-5,7,9-10H2,1-3H3. The summed E-state index contributed by atoms with van der Waals surface area (Å²) in [6.45, 7) is 7.01. The summed E-state index contributed by atoms with van der Waals surface area (Å²) >= 11 is 5.34. The minimum absolute atomic E-state index is 0.0255. The molecular formula is C15H22ClNO2. The van der Waals surface area contributed by atoms with E-state index in [2.05, 4.69) is 20.8 Å². The van der Waals surface area contributed by atoms with Crippen LogP contribution in [0.25, 0.3) is 0 Å². The zero-order chi connectivity index (χ0) is 14.4. The van der Waals surface area contributed by atoms with Crippen molar-refractivity contribution in [1.82, 2.24) is 4.57 Å². The van der Waals surface area contributed by atoms with Gasteiger partial charge >= 0.3 is 0 Å². The Morgan fingerprint density at radius 1 is 1.37 bits per heavy atom. The summed E-state index contributed by atoms with van der Waals surface area (Å²) in [6, 6.07) is 3.83. The van der Waals surface area contributed by atoms with Gasteiger partial charge in [0.1, 0.15) is 0 Å². The summed E-state index contributed by atoms with van der Waals surface area (Å²) < 4.78 is 1.85. The zero-order valence-electron chi connectivity index (χ0n) is 11.9. The number of aryl methyl sites for hydroxylation is 1. The predicted molar refractivity (Wildman–Crippen MR) is 78.9 cm³/mol. The molecule has 4 heteroatoms. The first-order chi connectivity index (χ1) is 8.97. The molecule has 0 bridgehead atoms. The lowest BCUT2D eigenvalue weighted by Crippen LogP contribution is -2.27. The number of hydrogen-bond donors (Lipinski definition) is 0. The van der Waals surface area contributed by atoms with Crippen LogP contribution < -0.4 is 5.56 Å². The van der Waals surface area contributed by atoms with Gasteiger partial charge in [0.25, 0.3) is 5.56 Å². The Hall–Kier alpha value is -1.09. The average Bonchev–Trinajstić information content (AvgIpc) is 2.35. The van der Waals surface area contributed by atoms with Crippen LogP contribution in [-0.4, -0.2) is 9.81 Å². The van der Waals surface area contributed by atoms with E-state index in [9.17, 15) is 9.59 Å². The van der Waals surface area contributed by atoms with Crippen LogP contribution in [0.2, 0.25) is 0 Å². The lowest BCUT2D eigenvalue weighted by Gasteiger charge is -2.16. The number of unbranched alkanes of at least 4 members (excludes halogenated alkanes) is 1. The van der Waals surface area contributed by atoms with Crippen molar-refractivity contribution in [3.8, 4) is 0 Å². The Bertz CT molecular complexity index is 491. The van der Waals surface area contributed by atoms with Crippen LogP contribution in [-0.2, 0) is 17.8 Å². The predicted octanol–water partition coefficient (Wildman–Crippen LogP) is 3.47. The van der Waals surface area contributed by atoms with Gasteiger partial charge in [-0.1, -0.05) is 33.3 Å². The van der Waals surface area contributed by atoms with E-state index in [0.29, 0.717) is 17.9 Å². The second kappa shape index (κ2) is 7.49. The number of carbonyl (C=O) groups excluding carboxylic acids is 1. The highest BCUT2D eigenvalue weighted by molar-refractivity contribution is 6.63. The molecule has 0 spiro atoms. The summed E-state index contributed by atoms with van der Waals surface area (Å²) in [5, 5.41) is -0.396. The van der Waals surface area contributed by atoms with Crippen molar-refractivity contribution in [3.05, 3.63) is 33.7 Å². The highest BCUT2D eigenvalue weighted by Gasteiger charge is 2.11. The van der Waals surface area contributed by atoms with E-state index in [-0.39, 0.29) is 12.0 Å². The number of pyridine rings is 1. The Labute approximate surface area is 119 Å². The summed E-state index contributed by atoms with van der Waals surface area (Å²) in [4.78, 5) is 23.2. The maximum absolute atomic E-state index is 12.4. The lowest BCUT2D eigenvalue weighted by molar-refractivity contribution is -0.111. The molecule has 0 amide bonds. The van der Waals surface area contributed by atoms with Crippen LogP contribution in [0.4, 0.5) is 0 Å². The van der Waals surface area contributed by atoms with Crippen LogP contribution in [0.5, 0.6) is 0 Å². The normalized spacial score (nSPS) is 11.0. The number of nitrogens with zero attached hydrogens (tertiary/aromatic N) is 1. The molecular weight excluding hydrogens is 262 g/mol. The summed E-state index contributed by atoms with van der Waals surface area (Å²) in [6.07, 6.45) is 2.67. The summed E-state index contributed by atoms with van der Waals surface area (Å²) in [7, 11) is 0. The van der Waals surface area contributed by atoms with Crippen LogP contribution in [0, 0.1) is 0 Å². The van der Waals surface area contributed by atoms with Gasteiger partial charge in [0.15, 0.2) is 0 Å². The van der Waals surface area contributed by atoms with Crippen molar-refractivity contribution < 1.29 is 4.79 Å². The van der Waals surface area contributed by atoms with E-state index in [1.54, 1.807) is 0 Å². The largest absolute Gasteiger partial charge is 0.312 e. The molecule has 0 fully saturated rings. The molecule has 0 N–H and O–H groups in total. The Morgan fingerprint density at radius 2 is 2.05 bits per heavy atom. The van der Waals surface area contributed by atoms with E-state index in [1.807, 2.05) is 16.7 Å². The van der Waals surface area contributed by atoms with Crippen LogP contribution in [0.1, 0.15) is 57.2 Å². The first-order valence-electron chi connectivity index (χ1n) is 6.88. The van der Waals surface area contributed by atoms with Crippen LogP contribution in [0.15, 0.2) is 16.9 Å². The molecule has 0 aliphatic heterocycles. The maximum atomic E-state index is 12.4. The molecule has 0 saturated heterocycles. The van der Waals surface area contributed by atoms with Gasteiger partial charge in [-0.15, -0.1) is 0 Å². The van der Waals surface area contributed by atoms with E-state index < -0.39 is 5.24 Å². The van der Waals surface area contributed by atoms with Crippen molar-refractivity contribution in [1.29, 1.82) is 0 Å². The van der Waals surface area contributed by atoms with E-state index in [1.165, 1.54) is 0 Å². The molecule has 106 valence electrons. The second-order valence-electron chi connectivity index (χ2n) is 5.10. The van der Waals surface area contributed by atoms with E-state index >= 15 is 0 Å². The van der Waals surface area contributed by atoms with Gasteiger partial charge in [0.05, 0.1) is 0 Å². The fourth-order valence-corrected chi connectivity index (χ4v) is 2.21. The molecule has 0 saturated carbocycles. The third kappa shape index (κ3) is 4.50. The monoisotopic (exact) mass is 283 g/mol.